The van der Waals surface area contributed by atoms with E-state index in [0.717, 1.165) is 12.8 Å². The zero-order valence-corrected chi connectivity index (χ0v) is 11.5. The predicted octanol–water partition coefficient (Wildman–Crippen LogP) is 3.39. The van der Waals surface area contributed by atoms with E-state index < -0.39 is 5.97 Å². The first kappa shape index (κ1) is 17.8. The number of carbonyl (C=O) groups is 1. The zero-order chi connectivity index (χ0) is 12.8. The Labute approximate surface area is 101 Å². The Morgan fingerprint density at radius 1 is 1.00 bits per heavy atom. The fourth-order valence-corrected chi connectivity index (χ4v) is 1.33. The van der Waals surface area contributed by atoms with E-state index in [1.165, 1.54) is 32.2 Å². The second kappa shape index (κ2) is 14.4. The van der Waals surface area contributed by atoms with Crippen LogP contribution in [0.1, 0.15) is 58.8 Å². The fraction of sp³-hybridized carbons (Fsp3) is 0.923. The van der Waals surface area contributed by atoms with Crippen LogP contribution in [0.15, 0.2) is 0 Å². The van der Waals surface area contributed by atoms with E-state index in [9.17, 15) is 4.79 Å². The van der Waals surface area contributed by atoms with Crippen LogP contribution in [0.3, 0.4) is 0 Å². The Kier molecular flexibility index (Phi) is 16.1. The van der Waals surface area contributed by atoms with Crippen LogP contribution in [0.5, 0.6) is 0 Å². The summed E-state index contributed by atoms with van der Waals surface area (Å²) in [6.45, 7) is 5.54. The lowest BCUT2D eigenvalue weighted by atomic mass is 10.1. The number of unbranched alkanes of at least 4 members (excludes halogenated alkanes) is 4. The molecule has 0 aromatic rings. The number of aliphatic carboxylic acids is 1. The Balaban J connectivity index is 0. The summed E-state index contributed by atoms with van der Waals surface area (Å²) in [7, 11) is 4.17. The maximum absolute atomic E-state index is 10.0. The number of carboxylic acid groups (broad SMARTS) is 1. The molecule has 0 bridgehead atoms. The molecule has 0 spiro atoms. The highest BCUT2D eigenvalue weighted by Gasteiger charge is 1.94. The van der Waals surface area contributed by atoms with Crippen molar-refractivity contribution in [1.82, 2.24) is 4.90 Å². The first-order chi connectivity index (χ1) is 7.54. The number of nitrogens with zero attached hydrogens (tertiary/aromatic N) is 1. The van der Waals surface area contributed by atoms with Gasteiger partial charge in [0.1, 0.15) is 0 Å². The van der Waals surface area contributed by atoms with Crippen LogP contribution in [0.25, 0.3) is 0 Å². The van der Waals surface area contributed by atoms with Crippen LogP contribution >= 0.6 is 0 Å². The van der Waals surface area contributed by atoms with Gasteiger partial charge in [-0.15, -0.1) is 0 Å². The molecule has 0 rings (SSSR count). The van der Waals surface area contributed by atoms with E-state index in [-0.39, 0.29) is 0 Å². The number of carboxylic acids is 1. The quantitative estimate of drug-likeness (QED) is 0.651. The molecule has 0 fully saturated rings. The summed E-state index contributed by atoms with van der Waals surface area (Å²) in [5, 5.41) is 8.27. The van der Waals surface area contributed by atoms with Gasteiger partial charge in [0.15, 0.2) is 0 Å². The summed E-state index contributed by atoms with van der Waals surface area (Å²) in [6.07, 6.45) is 7.14. The average molecular weight is 231 g/mol. The molecule has 16 heavy (non-hydrogen) atoms. The van der Waals surface area contributed by atoms with E-state index in [4.69, 9.17) is 5.11 Å². The maximum atomic E-state index is 10.0. The second-order valence-corrected chi connectivity index (χ2v) is 4.36. The van der Waals surface area contributed by atoms with Gasteiger partial charge in [-0.1, -0.05) is 39.5 Å². The monoisotopic (exact) mass is 231 g/mol. The highest BCUT2D eigenvalue weighted by atomic mass is 16.4. The van der Waals surface area contributed by atoms with Gasteiger partial charge in [0.05, 0.1) is 0 Å². The van der Waals surface area contributed by atoms with Crippen LogP contribution in [-0.4, -0.2) is 36.6 Å². The molecule has 0 saturated carbocycles. The molecule has 0 heterocycles. The summed E-state index contributed by atoms with van der Waals surface area (Å²) < 4.78 is 0. The molecule has 0 aliphatic carbocycles. The van der Waals surface area contributed by atoms with Gasteiger partial charge in [0, 0.05) is 6.42 Å². The van der Waals surface area contributed by atoms with Gasteiger partial charge in [-0.05, 0) is 33.5 Å². The third-order valence-electron chi connectivity index (χ3n) is 2.17. The van der Waals surface area contributed by atoms with Crippen molar-refractivity contribution in [2.45, 2.75) is 58.8 Å². The van der Waals surface area contributed by atoms with Gasteiger partial charge in [0.2, 0.25) is 0 Å². The minimum Gasteiger partial charge on any atom is -0.481 e. The summed E-state index contributed by atoms with van der Waals surface area (Å²) in [6, 6.07) is 0. The molecule has 0 unspecified atom stereocenters. The molecule has 1 N–H and O–H groups in total. The van der Waals surface area contributed by atoms with E-state index in [1.54, 1.807) is 0 Å². The van der Waals surface area contributed by atoms with Crippen molar-refractivity contribution in [1.29, 1.82) is 0 Å². The lowest BCUT2D eigenvalue weighted by Gasteiger charge is -2.03. The predicted molar refractivity (Wildman–Crippen MR) is 69.9 cm³/mol. The van der Waals surface area contributed by atoms with Crippen molar-refractivity contribution < 1.29 is 9.90 Å². The van der Waals surface area contributed by atoms with E-state index in [1.807, 2.05) is 0 Å². The van der Waals surface area contributed by atoms with E-state index in [0.29, 0.717) is 6.42 Å². The molecule has 0 aliphatic heterocycles. The van der Waals surface area contributed by atoms with Crippen molar-refractivity contribution in [2.75, 3.05) is 20.6 Å². The number of hydrogen-bond acceptors (Lipinski definition) is 2. The molecule has 0 aromatic heterocycles. The van der Waals surface area contributed by atoms with Gasteiger partial charge < -0.3 is 10.0 Å². The van der Waals surface area contributed by atoms with E-state index in [2.05, 4.69) is 32.8 Å². The second-order valence-electron chi connectivity index (χ2n) is 4.36. The lowest BCUT2D eigenvalue weighted by molar-refractivity contribution is -0.137. The average Bonchev–Trinajstić information content (AvgIpc) is 2.17. The molecular weight excluding hydrogens is 202 g/mol. The van der Waals surface area contributed by atoms with E-state index >= 15 is 0 Å². The van der Waals surface area contributed by atoms with Crippen LogP contribution in [-0.2, 0) is 4.79 Å². The van der Waals surface area contributed by atoms with Crippen LogP contribution < -0.4 is 0 Å². The largest absolute Gasteiger partial charge is 0.481 e. The highest BCUT2D eigenvalue weighted by Crippen LogP contribution is 2.04. The Hall–Kier alpha value is -0.570. The van der Waals surface area contributed by atoms with Crippen molar-refractivity contribution >= 4 is 5.97 Å². The molecular formula is C13H29NO2. The van der Waals surface area contributed by atoms with Crippen molar-refractivity contribution in [3.63, 3.8) is 0 Å². The molecule has 0 saturated heterocycles. The molecule has 0 amide bonds. The van der Waals surface area contributed by atoms with Crippen molar-refractivity contribution in [3.05, 3.63) is 0 Å². The zero-order valence-electron chi connectivity index (χ0n) is 11.5. The van der Waals surface area contributed by atoms with Crippen LogP contribution in [0.4, 0.5) is 0 Å². The molecule has 3 heteroatoms. The molecule has 3 nitrogen and oxygen atoms in total. The first-order valence-corrected chi connectivity index (χ1v) is 6.41. The minimum absolute atomic E-state index is 0.337. The van der Waals surface area contributed by atoms with Gasteiger partial charge >= 0.3 is 5.97 Å². The van der Waals surface area contributed by atoms with Gasteiger partial charge in [-0.25, -0.2) is 0 Å². The first-order valence-electron chi connectivity index (χ1n) is 6.41. The highest BCUT2D eigenvalue weighted by molar-refractivity contribution is 5.66. The Morgan fingerprint density at radius 3 is 1.88 bits per heavy atom. The van der Waals surface area contributed by atoms with Gasteiger partial charge in [0.25, 0.3) is 0 Å². The summed E-state index contributed by atoms with van der Waals surface area (Å²) in [4.78, 5) is 12.2. The minimum atomic E-state index is -0.670. The third-order valence-corrected chi connectivity index (χ3v) is 2.17. The summed E-state index contributed by atoms with van der Waals surface area (Å²) >= 11 is 0. The van der Waals surface area contributed by atoms with Crippen molar-refractivity contribution in [3.8, 4) is 0 Å². The topological polar surface area (TPSA) is 40.5 Å². The standard InChI is InChI=1S/C8H16O2.C5H13N/c1-2-3-4-5-6-7-8(9)10;1-4-5-6(2)3/h2-7H2,1H3,(H,9,10);4-5H2,1-3H3. The van der Waals surface area contributed by atoms with Crippen LogP contribution in [0, 0.1) is 0 Å². The summed E-state index contributed by atoms with van der Waals surface area (Å²) in [5.74, 6) is -0.670. The number of hydrogen-bond donors (Lipinski definition) is 1. The number of rotatable bonds is 8. The molecule has 0 aromatic carbocycles. The molecule has 0 radical (unpaired) electrons. The molecule has 98 valence electrons. The van der Waals surface area contributed by atoms with Gasteiger partial charge in [-0.2, -0.15) is 0 Å². The maximum Gasteiger partial charge on any atom is 0.303 e. The SMILES string of the molecule is CCCCCCCC(=O)O.CCCN(C)C. The Morgan fingerprint density at radius 2 is 1.56 bits per heavy atom. The third kappa shape index (κ3) is 23.3. The molecule has 0 atom stereocenters. The lowest BCUT2D eigenvalue weighted by Crippen LogP contribution is -2.11. The van der Waals surface area contributed by atoms with Gasteiger partial charge in [-0.3, -0.25) is 4.79 Å². The summed E-state index contributed by atoms with van der Waals surface area (Å²) in [5.41, 5.74) is 0. The fourth-order valence-electron chi connectivity index (χ4n) is 1.33. The normalized spacial score (nSPS) is 9.81. The smallest absolute Gasteiger partial charge is 0.303 e. The van der Waals surface area contributed by atoms with Crippen molar-refractivity contribution in [2.24, 2.45) is 0 Å². The Bertz CT molecular complexity index is 147. The molecule has 0 aliphatic rings. The van der Waals surface area contributed by atoms with Crippen LogP contribution in [0.2, 0.25) is 0 Å².